The smallest absolute Gasteiger partial charge is 0.408 e. The molecule has 0 bridgehead atoms. The Kier molecular flexibility index (Phi) is 16.9. The molecule has 13 heteroatoms. The molecule has 2 aromatic rings. The summed E-state index contributed by atoms with van der Waals surface area (Å²) in [4.78, 5) is 67.0. The molecule has 0 aliphatic heterocycles. The van der Waals surface area contributed by atoms with Gasteiger partial charge in [-0.1, -0.05) is 88.4 Å². The Labute approximate surface area is 302 Å². The topological polar surface area (TPSA) is 175 Å². The lowest BCUT2D eigenvalue weighted by molar-refractivity contribution is -0.146. The van der Waals surface area contributed by atoms with Gasteiger partial charge in [-0.05, 0) is 63.5 Å². The molecule has 0 aromatic heterocycles. The molecule has 0 saturated carbocycles. The van der Waals surface area contributed by atoms with Crippen molar-refractivity contribution in [3.8, 4) is 0 Å². The molecule has 0 aliphatic rings. The predicted molar refractivity (Wildman–Crippen MR) is 194 cm³/mol. The van der Waals surface area contributed by atoms with E-state index in [1.165, 1.54) is 18.9 Å². The molecule has 0 unspecified atom stereocenters. The number of nitrogens with one attached hydrogen (secondary N) is 4. The predicted octanol–water partition coefficient (Wildman–Crippen LogP) is 3.93. The highest BCUT2D eigenvalue weighted by molar-refractivity contribution is 5.90. The van der Waals surface area contributed by atoms with E-state index in [2.05, 4.69) is 21.3 Å². The highest BCUT2D eigenvalue weighted by Gasteiger charge is 2.33. The van der Waals surface area contributed by atoms with Crippen LogP contribution in [0.1, 0.15) is 72.9 Å². The summed E-state index contributed by atoms with van der Waals surface area (Å²) in [5, 5.41) is 22.6. The summed E-state index contributed by atoms with van der Waals surface area (Å²) >= 11 is 0. The van der Waals surface area contributed by atoms with Gasteiger partial charge in [-0.2, -0.15) is 0 Å². The first kappa shape index (κ1) is 42.5. The van der Waals surface area contributed by atoms with Crippen LogP contribution < -0.4 is 21.3 Å². The van der Waals surface area contributed by atoms with Crippen molar-refractivity contribution in [2.45, 2.75) is 111 Å². The lowest BCUT2D eigenvalue weighted by atomic mass is 9.99. The van der Waals surface area contributed by atoms with Gasteiger partial charge in [-0.15, -0.1) is 0 Å². The summed E-state index contributed by atoms with van der Waals surface area (Å²) in [6.45, 7) is 13.9. The Hall–Kier alpha value is -4.65. The molecule has 0 radical (unpaired) electrons. The molecule has 0 saturated heterocycles. The molecule has 282 valence electrons. The maximum Gasteiger partial charge on any atom is 0.408 e. The number of aliphatic hydroxyl groups is 1. The zero-order valence-corrected chi connectivity index (χ0v) is 31.4. The largest absolute Gasteiger partial charge is 0.467 e. The van der Waals surface area contributed by atoms with E-state index in [0.29, 0.717) is 0 Å². The molecule has 0 fully saturated rings. The van der Waals surface area contributed by atoms with Crippen LogP contribution in [-0.2, 0) is 36.8 Å². The first-order valence-electron chi connectivity index (χ1n) is 17.4. The minimum atomic E-state index is -1.28. The Morgan fingerprint density at radius 1 is 0.784 bits per heavy atom. The van der Waals surface area contributed by atoms with Crippen molar-refractivity contribution in [1.29, 1.82) is 0 Å². The second-order valence-electron chi connectivity index (χ2n) is 14.5. The van der Waals surface area contributed by atoms with E-state index in [-0.39, 0.29) is 37.8 Å². The van der Waals surface area contributed by atoms with E-state index < -0.39 is 65.8 Å². The number of methoxy groups -OCH3 is 1. The number of esters is 1. The van der Waals surface area contributed by atoms with Gasteiger partial charge in [0.1, 0.15) is 23.7 Å². The summed E-state index contributed by atoms with van der Waals surface area (Å²) in [5.74, 6) is -1.95. The minimum absolute atomic E-state index is 0.00610. The summed E-state index contributed by atoms with van der Waals surface area (Å²) in [7, 11) is 1.25. The van der Waals surface area contributed by atoms with Crippen molar-refractivity contribution in [3.63, 3.8) is 0 Å². The molecule has 5 N–H and O–H groups in total. The number of hydrogen-bond acceptors (Lipinski definition) is 8. The monoisotopic (exact) mass is 711 g/mol. The number of alkyl carbamates (subject to hydrolysis) is 1. The van der Waals surface area contributed by atoms with Crippen molar-refractivity contribution >= 4 is 29.9 Å². The fourth-order valence-electron chi connectivity index (χ4n) is 5.21. The number of hydrogen-bond donors (Lipinski definition) is 5. The average molecular weight is 712 g/mol. The first-order valence-corrected chi connectivity index (χ1v) is 17.4. The van der Waals surface area contributed by atoms with E-state index in [0.717, 1.165) is 11.1 Å². The van der Waals surface area contributed by atoms with Gasteiger partial charge in [0.15, 0.2) is 0 Å². The van der Waals surface area contributed by atoms with Crippen molar-refractivity contribution in [2.24, 2.45) is 11.8 Å². The van der Waals surface area contributed by atoms with Gasteiger partial charge in [0.25, 0.3) is 0 Å². The second-order valence-corrected chi connectivity index (χ2v) is 14.5. The minimum Gasteiger partial charge on any atom is -0.467 e. The third kappa shape index (κ3) is 15.4. The van der Waals surface area contributed by atoms with Crippen molar-refractivity contribution in [3.05, 3.63) is 71.8 Å². The highest BCUT2D eigenvalue weighted by Crippen LogP contribution is 2.14. The molecule has 2 rings (SSSR count). The van der Waals surface area contributed by atoms with E-state index in [4.69, 9.17) is 9.47 Å². The normalized spacial score (nSPS) is 14.4. The van der Waals surface area contributed by atoms with Gasteiger partial charge in [-0.25, -0.2) is 14.4 Å². The maximum atomic E-state index is 14.0. The van der Waals surface area contributed by atoms with Gasteiger partial charge in [-0.3, -0.25) is 9.59 Å². The SMILES string of the molecule is COC(=O)[C@H](NC(=O)[C@@H](CC(C)C)NC(=O)N(Cc1ccccc1)C[C@@H](O)[C@@H](Cc1ccccc1)NC(=O)[C@@H](C)NC(=O)OC(C)(C)C)C(C)C. The van der Waals surface area contributed by atoms with Crippen LogP contribution in [0.25, 0.3) is 0 Å². The summed E-state index contributed by atoms with van der Waals surface area (Å²) < 4.78 is 10.2. The van der Waals surface area contributed by atoms with Crippen molar-refractivity contribution in [2.75, 3.05) is 13.7 Å². The third-order valence-corrected chi connectivity index (χ3v) is 7.87. The molecule has 0 spiro atoms. The molecule has 0 heterocycles. The lowest BCUT2D eigenvalue weighted by Gasteiger charge is -2.32. The number of amides is 5. The summed E-state index contributed by atoms with van der Waals surface area (Å²) in [6, 6.07) is 14.0. The Morgan fingerprint density at radius 2 is 1.35 bits per heavy atom. The van der Waals surface area contributed by atoms with Crippen molar-refractivity contribution < 1.29 is 38.6 Å². The number of aliphatic hydroxyl groups excluding tert-OH is 1. The number of carbonyl (C=O) groups is 5. The number of urea groups is 1. The van der Waals surface area contributed by atoms with E-state index in [1.807, 2.05) is 74.5 Å². The average Bonchev–Trinajstić information content (AvgIpc) is 3.05. The Balaban J connectivity index is 2.37. The van der Waals surface area contributed by atoms with Gasteiger partial charge >= 0.3 is 18.1 Å². The van der Waals surface area contributed by atoms with Crippen LogP contribution >= 0.6 is 0 Å². The molecule has 0 aliphatic carbocycles. The molecule has 5 atom stereocenters. The third-order valence-electron chi connectivity index (χ3n) is 7.87. The fraction of sp³-hybridized carbons (Fsp3) is 0.553. The van der Waals surface area contributed by atoms with Gasteiger partial charge in [0.2, 0.25) is 11.8 Å². The van der Waals surface area contributed by atoms with E-state index >= 15 is 0 Å². The molecule has 2 aromatic carbocycles. The van der Waals surface area contributed by atoms with Crippen LogP contribution in [0.4, 0.5) is 9.59 Å². The summed E-state index contributed by atoms with van der Waals surface area (Å²) in [5.41, 5.74) is 0.836. The maximum absolute atomic E-state index is 14.0. The number of nitrogens with zero attached hydrogens (tertiary/aromatic N) is 1. The van der Waals surface area contributed by atoms with Crippen LogP contribution in [-0.4, -0.2) is 89.4 Å². The summed E-state index contributed by atoms with van der Waals surface area (Å²) in [6.07, 6.45) is -1.54. The molecular formula is C38H57N5O8. The first-order chi connectivity index (χ1) is 23.9. The quantitative estimate of drug-likeness (QED) is 0.154. The number of ether oxygens (including phenoxy) is 2. The highest BCUT2D eigenvalue weighted by atomic mass is 16.6. The van der Waals surface area contributed by atoms with Crippen LogP contribution in [0.2, 0.25) is 0 Å². The van der Waals surface area contributed by atoms with Crippen molar-refractivity contribution in [1.82, 2.24) is 26.2 Å². The second kappa shape index (κ2) is 20.3. The standard InChI is InChI=1S/C38H57N5O8/c1-24(2)20-30(34(46)42-32(25(3)4)35(47)50-9)41-36(48)43(22-28-18-14-11-15-19-28)23-31(44)29(21-27-16-12-10-13-17-27)40-33(45)26(5)39-37(49)51-38(6,7)8/h10-19,24-26,29-32,44H,20-23H2,1-9H3,(H,39,49)(H,40,45)(H,41,48)(H,42,46)/t26-,29-,30-,31-,32-/m1/s1. The van der Waals surface area contributed by atoms with Gasteiger partial charge in [0.05, 0.1) is 25.8 Å². The van der Waals surface area contributed by atoms with E-state index in [1.54, 1.807) is 34.6 Å². The molecule has 5 amide bonds. The number of rotatable bonds is 17. The van der Waals surface area contributed by atoms with Crippen LogP contribution in [0, 0.1) is 11.8 Å². The fourth-order valence-corrected chi connectivity index (χ4v) is 5.21. The zero-order chi connectivity index (χ0) is 38.3. The lowest BCUT2D eigenvalue weighted by Crippen LogP contribution is -2.58. The van der Waals surface area contributed by atoms with Gasteiger partial charge < -0.3 is 40.7 Å². The Bertz CT molecular complexity index is 1410. The molecular weight excluding hydrogens is 654 g/mol. The molecule has 13 nitrogen and oxygen atoms in total. The van der Waals surface area contributed by atoms with Crippen LogP contribution in [0.5, 0.6) is 0 Å². The van der Waals surface area contributed by atoms with E-state index in [9.17, 15) is 29.1 Å². The zero-order valence-electron chi connectivity index (χ0n) is 31.4. The number of benzene rings is 2. The molecule has 51 heavy (non-hydrogen) atoms. The van der Waals surface area contributed by atoms with Crippen LogP contribution in [0.15, 0.2) is 60.7 Å². The van der Waals surface area contributed by atoms with Gasteiger partial charge in [0, 0.05) is 6.54 Å². The number of carbonyl (C=O) groups excluding carboxylic acids is 5. The van der Waals surface area contributed by atoms with Crippen LogP contribution in [0.3, 0.4) is 0 Å². The Morgan fingerprint density at radius 3 is 1.86 bits per heavy atom.